The lowest BCUT2D eigenvalue weighted by molar-refractivity contribution is -0.124. The average molecular weight is 234 g/mol. The third-order valence-electron chi connectivity index (χ3n) is 1.97. The van der Waals surface area contributed by atoms with Gasteiger partial charge in [-0.05, 0) is 13.3 Å². The van der Waals surface area contributed by atoms with Crippen LogP contribution < -0.4 is 11.5 Å². The van der Waals surface area contributed by atoms with Gasteiger partial charge in [-0.15, -0.1) is 0 Å². The summed E-state index contributed by atoms with van der Waals surface area (Å²) in [7, 11) is 1.62. The normalized spacial score (nSPS) is 14.7. The van der Waals surface area contributed by atoms with Crippen molar-refractivity contribution in [2.45, 2.75) is 18.9 Å². The number of ether oxygens (including phenoxy) is 3. The molecule has 0 aliphatic carbocycles. The summed E-state index contributed by atoms with van der Waals surface area (Å²) in [6.07, 6.45) is 0.749. The standard InChI is InChI=1S/C10H22N2O4/c1-10(12,9(11)13)8-16-5-3-4-15-7-6-14-2/h3-8,12H2,1-2H3,(H2,11,13). The summed E-state index contributed by atoms with van der Waals surface area (Å²) in [6.45, 7) is 3.93. The number of hydrogen-bond donors (Lipinski definition) is 2. The Morgan fingerprint density at radius 3 is 2.38 bits per heavy atom. The minimum atomic E-state index is -1.10. The number of hydrogen-bond acceptors (Lipinski definition) is 5. The molecule has 0 heterocycles. The molecule has 1 atom stereocenters. The maximum absolute atomic E-state index is 10.8. The Balaban J connectivity index is 3.30. The fourth-order valence-electron chi connectivity index (χ4n) is 0.863. The Labute approximate surface area is 96.2 Å². The van der Waals surface area contributed by atoms with Gasteiger partial charge in [-0.2, -0.15) is 0 Å². The summed E-state index contributed by atoms with van der Waals surface area (Å²) in [4.78, 5) is 10.8. The zero-order valence-corrected chi connectivity index (χ0v) is 10.0. The van der Waals surface area contributed by atoms with Crippen molar-refractivity contribution in [1.29, 1.82) is 0 Å². The van der Waals surface area contributed by atoms with Gasteiger partial charge in [-0.25, -0.2) is 0 Å². The maximum atomic E-state index is 10.8. The lowest BCUT2D eigenvalue weighted by Gasteiger charge is -2.19. The first-order chi connectivity index (χ1) is 7.50. The molecule has 0 rings (SSSR count). The fourth-order valence-corrected chi connectivity index (χ4v) is 0.863. The number of primary amides is 1. The van der Waals surface area contributed by atoms with E-state index in [0.717, 1.165) is 6.42 Å². The van der Waals surface area contributed by atoms with Gasteiger partial charge in [0.05, 0.1) is 19.8 Å². The highest BCUT2D eigenvalue weighted by Crippen LogP contribution is 1.99. The third-order valence-corrected chi connectivity index (χ3v) is 1.97. The van der Waals surface area contributed by atoms with E-state index in [0.29, 0.717) is 26.4 Å². The molecule has 6 nitrogen and oxygen atoms in total. The monoisotopic (exact) mass is 234 g/mol. The van der Waals surface area contributed by atoms with E-state index in [2.05, 4.69) is 0 Å². The second-order valence-electron chi connectivity index (χ2n) is 3.79. The van der Waals surface area contributed by atoms with E-state index >= 15 is 0 Å². The number of methoxy groups -OCH3 is 1. The molecule has 0 radical (unpaired) electrons. The minimum absolute atomic E-state index is 0.125. The minimum Gasteiger partial charge on any atom is -0.382 e. The summed E-state index contributed by atoms with van der Waals surface area (Å²) >= 11 is 0. The average Bonchev–Trinajstić information content (AvgIpc) is 2.21. The molecule has 0 spiro atoms. The van der Waals surface area contributed by atoms with Crippen LogP contribution in [0.2, 0.25) is 0 Å². The van der Waals surface area contributed by atoms with Crippen LogP contribution >= 0.6 is 0 Å². The van der Waals surface area contributed by atoms with Gasteiger partial charge < -0.3 is 25.7 Å². The molecular formula is C10H22N2O4. The molecule has 0 saturated heterocycles. The van der Waals surface area contributed by atoms with Crippen LogP contribution in [0.4, 0.5) is 0 Å². The van der Waals surface area contributed by atoms with Crippen LogP contribution in [-0.2, 0) is 19.0 Å². The van der Waals surface area contributed by atoms with Gasteiger partial charge >= 0.3 is 0 Å². The molecule has 4 N–H and O–H groups in total. The molecule has 0 fully saturated rings. The lowest BCUT2D eigenvalue weighted by atomic mass is 10.1. The first kappa shape index (κ1) is 15.3. The second kappa shape index (κ2) is 8.46. The predicted molar refractivity (Wildman–Crippen MR) is 59.9 cm³/mol. The quantitative estimate of drug-likeness (QED) is 0.485. The Kier molecular flexibility index (Phi) is 8.10. The number of carbonyl (C=O) groups is 1. The second-order valence-corrected chi connectivity index (χ2v) is 3.79. The van der Waals surface area contributed by atoms with E-state index in [1.165, 1.54) is 0 Å². The number of rotatable bonds is 10. The van der Waals surface area contributed by atoms with Gasteiger partial charge in [0.2, 0.25) is 5.91 Å². The van der Waals surface area contributed by atoms with Crippen molar-refractivity contribution in [2.75, 3.05) is 40.1 Å². The van der Waals surface area contributed by atoms with Crippen molar-refractivity contribution in [2.24, 2.45) is 11.5 Å². The van der Waals surface area contributed by atoms with Crippen molar-refractivity contribution in [1.82, 2.24) is 0 Å². The number of carbonyl (C=O) groups excluding carboxylic acids is 1. The van der Waals surface area contributed by atoms with E-state index in [1.807, 2.05) is 0 Å². The molecule has 96 valence electrons. The SMILES string of the molecule is COCCOCCCOCC(C)(N)C(N)=O. The van der Waals surface area contributed by atoms with Gasteiger partial charge in [-0.3, -0.25) is 4.79 Å². The van der Waals surface area contributed by atoms with Crippen LogP contribution in [0.25, 0.3) is 0 Å². The summed E-state index contributed by atoms with van der Waals surface area (Å²) < 4.78 is 15.3. The predicted octanol–water partition coefficient (Wildman–Crippen LogP) is -0.741. The molecule has 0 bridgehead atoms. The number of amides is 1. The molecule has 0 aromatic heterocycles. The smallest absolute Gasteiger partial charge is 0.239 e. The zero-order chi connectivity index (χ0) is 12.4. The van der Waals surface area contributed by atoms with Crippen molar-refractivity contribution < 1.29 is 19.0 Å². The van der Waals surface area contributed by atoms with Crippen LogP contribution in [0.15, 0.2) is 0 Å². The third kappa shape index (κ3) is 7.58. The van der Waals surface area contributed by atoms with Crippen LogP contribution in [0.3, 0.4) is 0 Å². The van der Waals surface area contributed by atoms with Gasteiger partial charge in [-0.1, -0.05) is 0 Å². The van der Waals surface area contributed by atoms with E-state index in [4.69, 9.17) is 25.7 Å². The van der Waals surface area contributed by atoms with E-state index in [-0.39, 0.29) is 6.61 Å². The van der Waals surface area contributed by atoms with Gasteiger partial charge in [0.25, 0.3) is 0 Å². The maximum Gasteiger partial charge on any atom is 0.239 e. The summed E-state index contributed by atoms with van der Waals surface area (Å²) in [5, 5.41) is 0. The van der Waals surface area contributed by atoms with Crippen LogP contribution in [-0.4, -0.2) is 51.6 Å². The summed E-state index contributed by atoms with van der Waals surface area (Å²) in [6, 6.07) is 0. The molecule has 6 heteroatoms. The first-order valence-corrected chi connectivity index (χ1v) is 5.24. The van der Waals surface area contributed by atoms with Crippen molar-refractivity contribution >= 4 is 5.91 Å². The van der Waals surface area contributed by atoms with Crippen LogP contribution in [0.5, 0.6) is 0 Å². The lowest BCUT2D eigenvalue weighted by Crippen LogP contribution is -2.52. The van der Waals surface area contributed by atoms with Gasteiger partial charge in [0.15, 0.2) is 0 Å². The van der Waals surface area contributed by atoms with Crippen molar-refractivity contribution in [3.05, 3.63) is 0 Å². The molecular weight excluding hydrogens is 212 g/mol. The molecule has 1 amide bonds. The molecule has 0 aromatic rings. The Morgan fingerprint density at radius 2 is 1.81 bits per heavy atom. The molecule has 0 saturated carbocycles. The van der Waals surface area contributed by atoms with Gasteiger partial charge in [0, 0.05) is 20.3 Å². The molecule has 0 aliphatic heterocycles. The zero-order valence-electron chi connectivity index (χ0n) is 10.0. The van der Waals surface area contributed by atoms with Crippen molar-refractivity contribution in [3.8, 4) is 0 Å². The van der Waals surface area contributed by atoms with E-state index in [1.54, 1.807) is 14.0 Å². The highest BCUT2D eigenvalue weighted by atomic mass is 16.5. The molecule has 0 aromatic carbocycles. The Bertz CT molecular complexity index is 197. The topological polar surface area (TPSA) is 96.8 Å². The summed E-state index contributed by atoms with van der Waals surface area (Å²) in [5.41, 5.74) is 9.58. The molecule has 16 heavy (non-hydrogen) atoms. The van der Waals surface area contributed by atoms with E-state index < -0.39 is 11.4 Å². The number of nitrogens with two attached hydrogens (primary N) is 2. The van der Waals surface area contributed by atoms with Gasteiger partial charge in [0.1, 0.15) is 5.54 Å². The van der Waals surface area contributed by atoms with E-state index in [9.17, 15) is 4.79 Å². The Morgan fingerprint density at radius 1 is 1.19 bits per heavy atom. The highest BCUT2D eigenvalue weighted by molar-refractivity contribution is 5.83. The Hall–Kier alpha value is -0.690. The molecule has 0 aliphatic rings. The van der Waals surface area contributed by atoms with Crippen LogP contribution in [0.1, 0.15) is 13.3 Å². The van der Waals surface area contributed by atoms with Crippen LogP contribution in [0, 0.1) is 0 Å². The molecule has 1 unspecified atom stereocenters. The fraction of sp³-hybridized carbons (Fsp3) is 0.900. The largest absolute Gasteiger partial charge is 0.382 e. The summed E-state index contributed by atoms with van der Waals surface area (Å²) in [5.74, 6) is -0.566. The highest BCUT2D eigenvalue weighted by Gasteiger charge is 2.25. The first-order valence-electron chi connectivity index (χ1n) is 5.24. The van der Waals surface area contributed by atoms with Crippen molar-refractivity contribution in [3.63, 3.8) is 0 Å².